The molecule has 0 spiro atoms. The lowest BCUT2D eigenvalue weighted by molar-refractivity contribution is 0.205. The number of nitrogens with zero attached hydrogens (tertiary/aromatic N) is 3. The summed E-state index contributed by atoms with van der Waals surface area (Å²) in [6.45, 7) is 0.691. The zero-order valence-electron chi connectivity index (χ0n) is 13.6. The van der Waals surface area contributed by atoms with Crippen molar-refractivity contribution in [2.24, 2.45) is 7.05 Å². The predicted octanol–water partition coefficient (Wildman–Crippen LogP) is 2.19. The van der Waals surface area contributed by atoms with E-state index in [4.69, 9.17) is 0 Å². The lowest BCUT2D eigenvalue weighted by atomic mass is 10.1. The number of carbonyl (C=O) groups is 1. The van der Waals surface area contributed by atoms with Gasteiger partial charge in [-0.25, -0.2) is 18.2 Å². The average Bonchev–Trinajstić information content (AvgIpc) is 3.15. The number of sulfone groups is 1. The first-order valence-electron chi connectivity index (χ1n) is 7.71. The first kappa shape index (κ1) is 16.5. The molecule has 3 rings (SSSR count). The number of anilines is 1. The van der Waals surface area contributed by atoms with Crippen LogP contribution in [0.5, 0.6) is 0 Å². The number of rotatable bonds is 3. The molecule has 7 nitrogen and oxygen atoms in total. The SMILES string of the molecule is Cn1cccc1[C@H]1CCCN1C(=O)Nc1ccc(S(C)(=O)=O)nc1. The molecule has 1 atom stereocenters. The van der Waals surface area contributed by atoms with Crippen molar-refractivity contribution in [1.82, 2.24) is 14.5 Å². The Morgan fingerprint density at radius 3 is 2.71 bits per heavy atom. The van der Waals surface area contributed by atoms with Crippen molar-refractivity contribution in [2.75, 3.05) is 18.1 Å². The maximum atomic E-state index is 12.6. The molecule has 1 N–H and O–H groups in total. The molecule has 1 aliphatic heterocycles. The molecule has 24 heavy (non-hydrogen) atoms. The number of aromatic nitrogens is 2. The number of likely N-dealkylation sites (tertiary alicyclic amines) is 1. The summed E-state index contributed by atoms with van der Waals surface area (Å²) in [6, 6.07) is 6.79. The Hall–Kier alpha value is -2.35. The van der Waals surface area contributed by atoms with Crippen molar-refractivity contribution < 1.29 is 13.2 Å². The van der Waals surface area contributed by atoms with Crippen LogP contribution in [0.1, 0.15) is 24.6 Å². The fraction of sp³-hybridized carbons (Fsp3) is 0.375. The number of carbonyl (C=O) groups excluding carboxylic acids is 1. The zero-order chi connectivity index (χ0) is 17.3. The normalized spacial score (nSPS) is 17.9. The van der Waals surface area contributed by atoms with Crippen LogP contribution in [0, 0.1) is 0 Å². The van der Waals surface area contributed by atoms with E-state index in [1.165, 1.54) is 12.3 Å². The first-order chi connectivity index (χ1) is 11.4. The van der Waals surface area contributed by atoms with E-state index in [0.29, 0.717) is 12.2 Å². The fourth-order valence-electron chi connectivity index (χ4n) is 3.01. The number of hydrogen-bond acceptors (Lipinski definition) is 4. The van der Waals surface area contributed by atoms with Gasteiger partial charge in [-0.2, -0.15) is 0 Å². The number of hydrogen-bond donors (Lipinski definition) is 1. The number of nitrogens with one attached hydrogen (secondary N) is 1. The smallest absolute Gasteiger partial charge is 0.322 e. The molecule has 1 saturated heterocycles. The molecule has 0 radical (unpaired) electrons. The van der Waals surface area contributed by atoms with Crippen molar-refractivity contribution in [3.63, 3.8) is 0 Å². The van der Waals surface area contributed by atoms with E-state index >= 15 is 0 Å². The Labute approximate surface area is 141 Å². The summed E-state index contributed by atoms with van der Waals surface area (Å²) in [7, 11) is -1.37. The zero-order valence-corrected chi connectivity index (χ0v) is 14.5. The minimum atomic E-state index is -3.34. The lowest BCUT2D eigenvalue weighted by Gasteiger charge is -2.25. The third kappa shape index (κ3) is 3.28. The second-order valence-electron chi connectivity index (χ2n) is 5.98. The van der Waals surface area contributed by atoms with Gasteiger partial charge < -0.3 is 14.8 Å². The van der Waals surface area contributed by atoms with Crippen molar-refractivity contribution in [2.45, 2.75) is 23.9 Å². The third-order valence-corrected chi connectivity index (χ3v) is 5.21. The van der Waals surface area contributed by atoms with Crippen molar-refractivity contribution in [3.8, 4) is 0 Å². The van der Waals surface area contributed by atoms with Gasteiger partial charge in [-0.3, -0.25) is 0 Å². The van der Waals surface area contributed by atoms with Gasteiger partial charge in [-0.15, -0.1) is 0 Å². The van der Waals surface area contributed by atoms with Crippen LogP contribution in [-0.4, -0.2) is 41.7 Å². The highest BCUT2D eigenvalue weighted by atomic mass is 32.2. The molecule has 1 fully saturated rings. The van der Waals surface area contributed by atoms with Crippen LogP contribution in [0.15, 0.2) is 41.7 Å². The maximum Gasteiger partial charge on any atom is 0.322 e. The summed E-state index contributed by atoms with van der Waals surface area (Å²) >= 11 is 0. The molecule has 0 unspecified atom stereocenters. The van der Waals surface area contributed by atoms with Crippen LogP contribution >= 0.6 is 0 Å². The standard InChI is InChI=1S/C16H20N4O3S/c1-19-9-3-5-13(19)14-6-4-10-20(14)16(21)18-12-7-8-15(17-11-12)24(2,22)23/h3,5,7-9,11,14H,4,6,10H2,1-2H3,(H,18,21)/t14-/m1/s1. The van der Waals surface area contributed by atoms with Crippen LogP contribution < -0.4 is 5.32 Å². The molecule has 2 amide bonds. The quantitative estimate of drug-likeness (QED) is 0.921. The Bertz CT molecular complexity index is 842. The monoisotopic (exact) mass is 348 g/mol. The molecular weight excluding hydrogens is 328 g/mol. The van der Waals surface area contributed by atoms with Crippen LogP contribution in [0.2, 0.25) is 0 Å². The number of aryl methyl sites for hydroxylation is 1. The summed E-state index contributed by atoms with van der Waals surface area (Å²) in [5.41, 5.74) is 1.58. The van der Waals surface area contributed by atoms with Gasteiger partial charge in [0.25, 0.3) is 0 Å². The lowest BCUT2D eigenvalue weighted by Crippen LogP contribution is -2.35. The van der Waals surface area contributed by atoms with Gasteiger partial charge in [0.2, 0.25) is 0 Å². The molecule has 0 aliphatic carbocycles. The first-order valence-corrected chi connectivity index (χ1v) is 9.60. The molecular formula is C16H20N4O3S. The Morgan fingerprint density at radius 1 is 1.33 bits per heavy atom. The number of amides is 2. The summed E-state index contributed by atoms with van der Waals surface area (Å²) in [6.07, 6.45) is 6.31. The van der Waals surface area contributed by atoms with Crippen LogP contribution in [-0.2, 0) is 16.9 Å². The summed E-state index contributed by atoms with van der Waals surface area (Å²) in [4.78, 5) is 18.3. The van der Waals surface area contributed by atoms with Gasteiger partial charge >= 0.3 is 6.03 Å². The van der Waals surface area contributed by atoms with E-state index in [-0.39, 0.29) is 17.1 Å². The molecule has 0 aromatic carbocycles. The van der Waals surface area contributed by atoms with E-state index in [9.17, 15) is 13.2 Å². The number of pyridine rings is 1. The van der Waals surface area contributed by atoms with E-state index in [0.717, 1.165) is 24.8 Å². The predicted molar refractivity (Wildman–Crippen MR) is 90.5 cm³/mol. The maximum absolute atomic E-state index is 12.6. The highest BCUT2D eigenvalue weighted by Gasteiger charge is 2.31. The van der Waals surface area contributed by atoms with E-state index in [1.807, 2.05) is 29.9 Å². The number of urea groups is 1. The van der Waals surface area contributed by atoms with Crippen LogP contribution in [0.3, 0.4) is 0 Å². The summed E-state index contributed by atoms with van der Waals surface area (Å²) in [5.74, 6) is 0. The molecule has 8 heteroatoms. The van der Waals surface area contributed by atoms with Crippen LogP contribution in [0.25, 0.3) is 0 Å². The van der Waals surface area contributed by atoms with Gasteiger partial charge in [-0.1, -0.05) is 0 Å². The highest BCUT2D eigenvalue weighted by molar-refractivity contribution is 7.90. The van der Waals surface area contributed by atoms with Gasteiger partial charge in [0, 0.05) is 31.7 Å². The minimum Gasteiger partial charge on any atom is -0.353 e. The van der Waals surface area contributed by atoms with Gasteiger partial charge in [0.15, 0.2) is 14.9 Å². The molecule has 3 heterocycles. The fourth-order valence-corrected chi connectivity index (χ4v) is 3.57. The largest absolute Gasteiger partial charge is 0.353 e. The molecule has 2 aromatic rings. The molecule has 0 saturated carbocycles. The van der Waals surface area contributed by atoms with E-state index < -0.39 is 9.84 Å². The molecule has 128 valence electrons. The van der Waals surface area contributed by atoms with Crippen LogP contribution in [0.4, 0.5) is 10.5 Å². The van der Waals surface area contributed by atoms with Gasteiger partial charge in [0.05, 0.1) is 17.9 Å². The van der Waals surface area contributed by atoms with Crippen molar-refractivity contribution >= 4 is 21.6 Å². The second kappa shape index (κ2) is 6.27. The Morgan fingerprint density at radius 2 is 2.12 bits per heavy atom. The Balaban J connectivity index is 1.73. The third-order valence-electron chi connectivity index (χ3n) is 4.21. The molecule has 2 aromatic heterocycles. The van der Waals surface area contributed by atoms with Gasteiger partial charge in [-0.05, 0) is 37.1 Å². The van der Waals surface area contributed by atoms with Gasteiger partial charge in [0.1, 0.15) is 0 Å². The van der Waals surface area contributed by atoms with Crippen molar-refractivity contribution in [1.29, 1.82) is 0 Å². The molecule has 1 aliphatic rings. The molecule has 0 bridgehead atoms. The summed E-state index contributed by atoms with van der Waals surface area (Å²) < 4.78 is 24.9. The van der Waals surface area contributed by atoms with E-state index in [1.54, 1.807) is 11.0 Å². The second-order valence-corrected chi connectivity index (χ2v) is 7.95. The highest BCUT2D eigenvalue weighted by Crippen LogP contribution is 2.32. The summed E-state index contributed by atoms with van der Waals surface area (Å²) in [5, 5.41) is 2.78. The average molecular weight is 348 g/mol. The van der Waals surface area contributed by atoms with Crippen molar-refractivity contribution in [3.05, 3.63) is 42.4 Å². The van der Waals surface area contributed by atoms with E-state index in [2.05, 4.69) is 10.3 Å². The Kier molecular flexibility index (Phi) is 4.31. The topological polar surface area (TPSA) is 84.3 Å². The minimum absolute atomic E-state index is 0.0108.